The second kappa shape index (κ2) is 11.3. The molecule has 38 heavy (non-hydrogen) atoms. The molecule has 4 aromatic carbocycles. The fourth-order valence-corrected chi connectivity index (χ4v) is 4.87. The summed E-state index contributed by atoms with van der Waals surface area (Å²) in [5, 5.41) is 3.20. The van der Waals surface area contributed by atoms with Gasteiger partial charge < -0.3 is 14.8 Å². The average Bonchev–Trinajstić information content (AvgIpc) is 3.16. The van der Waals surface area contributed by atoms with E-state index in [1.54, 1.807) is 24.3 Å². The van der Waals surface area contributed by atoms with Crippen molar-refractivity contribution in [1.29, 1.82) is 0 Å². The van der Waals surface area contributed by atoms with Gasteiger partial charge in [0.15, 0.2) is 0 Å². The Hall–Kier alpha value is -4.49. The van der Waals surface area contributed by atoms with E-state index in [4.69, 9.17) is 9.47 Å². The molecule has 0 bridgehead atoms. The Bertz CT molecular complexity index is 1480. The zero-order chi connectivity index (χ0) is 26.5. The van der Waals surface area contributed by atoms with E-state index in [9.17, 15) is 9.59 Å². The normalized spacial score (nSPS) is 13.2. The number of carbonyl (C=O) groups is 2. The summed E-state index contributed by atoms with van der Waals surface area (Å²) in [6, 6.07) is 31.5. The van der Waals surface area contributed by atoms with Crippen LogP contribution in [0, 0.1) is 6.92 Å². The lowest BCUT2D eigenvalue weighted by molar-refractivity contribution is -0.120. The lowest BCUT2D eigenvalue weighted by atomic mass is 10.2. The molecule has 0 saturated carbocycles. The van der Waals surface area contributed by atoms with Crippen molar-refractivity contribution in [3.05, 3.63) is 119 Å². The maximum absolute atomic E-state index is 13.7. The van der Waals surface area contributed by atoms with Crippen LogP contribution in [0.3, 0.4) is 0 Å². The highest BCUT2D eigenvalue weighted by atomic mass is 32.2. The van der Waals surface area contributed by atoms with Crippen molar-refractivity contribution >= 4 is 35.0 Å². The maximum atomic E-state index is 13.7. The van der Waals surface area contributed by atoms with Crippen molar-refractivity contribution in [3.8, 4) is 17.2 Å². The first-order valence-corrected chi connectivity index (χ1v) is 13.0. The molecule has 0 radical (unpaired) electrons. The van der Waals surface area contributed by atoms with Gasteiger partial charge in [-0.15, -0.1) is 0 Å². The molecule has 1 N–H and O–H groups in total. The molecule has 0 aromatic heterocycles. The molecule has 6 nitrogen and oxygen atoms in total. The molecule has 5 rings (SSSR count). The van der Waals surface area contributed by atoms with Gasteiger partial charge in [-0.25, -0.2) is 4.90 Å². The predicted octanol–water partition coefficient (Wildman–Crippen LogP) is 7.18. The molecule has 7 heteroatoms. The third-order valence-electron chi connectivity index (χ3n) is 5.80. The Morgan fingerprint density at radius 2 is 1.42 bits per heavy atom. The van der Waals surface area contributed by atoms with Crippen molar-refractivity contribution in [2.75, 3.05) is 16.8 Å². The number of amides is 2. The second-order valence-electron chi connectivity index (χ2n) is 8.53. The quantitative estimate of drug-likeness (QED) is 0.235. The summed E-state index contributed by atoms with van der Waals surface area (Å²) >= 11 is 1.26. The summed E-state index contributed by atoms with van der Waals surface area (Å²) in [5.41, 5.74) is 2.39. The summed E-state index contributed by atoms with van der Waals surface area (Å²) < 4.78 is 11.6. The summed E-state index contributed by atoms with van der Waals surface area (Å²) in [5.74, 6) is 1.07. The van der Waals surface area contributed by atoms with Crippen LogP contribution >= 0.6 is 11.8 Å². The molecular formula is C31H26N2O4S. The molecule has 0 unspecified atom stereocenters. The van der Waals surface area contributed by atoms with Gasteiger partial charge in [0.25, 0.3) is 11.8 Å². The fraction of sp³-hybridized carbons (Fsp3) is 0.0968. The van der Waals surface area contributed by atoms with Crippen LogP contribution < -0.4 is 19.7 Å². The van der Waals surface area contributed by atoms with Gasteiger partial charge in [-0.3, -0.25) is 9.59 Å². The number of anilines is 2. The van der Waals surface area contributed by atoms with Crippen molar-refractivity contribution in [2.45, 2.75) is 18.7 Å². The molecule has 0 atom stereocenters. The van der Waals surface area contributed by atoms with Gasteiger partial charge in [0, 0.05) is 4.90 Å². The number of nitrogens with one attached hydrogen (secondary N) is 1. The van der Waals surface area contributed by atoms with E-state index in [1.165, 1.54) is 16.7 Å². The first kappa shape index (κ1) is 25.2. The monoisotopic (exact) mass is 522 g/mol. The van der Waals surface area contributed by atoms with E-state index in [0.29, 0.717) is 40.1 Å². The van der Waals surface area contributed by atoms with E-state index in [0.717, 1.165) is 10.5 Å². The standard InChI is InChI=1S/C31H26N2O4S/c1-3-36-27-12-8-7-11-26(27)32-28-29(38-25-19-13-21(2)14-20-25)31(35)33(30(28)34)22-15-17-24(18-16-22)37-23-9-5-4-6-10-23/h4-20,32H,3H2,1-2H3. The minimum atomic E-state index is -0.437. The molecule has 4 aromatic rings. The Balaban J connectivity index is 1.46. The van der Waals surface area contributed by atoms with Crippen LogP contribution in [-0.4, -0.2) is 18.4 Å². The molecule has 0 spiro atoms. The lowest BCUT2D eigenvalue weighted by Gasteiger charge is -2.16. The van der Waals surface area contributed by atoms with Gasteiger partial charge in [0.1, 0.15) is 27.9 Å². The summed E-state index contributed by atoms with van der Waals surface area (Å²) in [6.45, 7) is 4.37. The topological polar surface area (TPSA) is 67.9 Å². The number of hydrogen-bond donors (Lipinski definition) is 1. The van der Waals surface area contributed by atoms with Gasteiger partial charge >= 0.3 is 0 Å². The number of thioether (sulfide) groups is 1. The third-order valence-corrected chi connectivity index (χ3v) is 6.89. The summed E-state index contributed by atoms with van der Waals surface area (Å²) in [7, 11) is 0. The van der Waals surface area contributed by atoms with Crippen LogP contribution in [0.4, 0.5) is 11.4 Å². The van der Waals surface area contributed by atoms with E-state index in [-0.39, 0.29) is 5.70 Å². The Morgan fingerprint density at radius 3 is 2.13 bits per heavy atom. The molecule has 1 heterocycles. The number of rotatable bonds is 9. The largest absolute Gasteiger partial charge is 0.492 e. The van der Waals surface area contributed by atoms with Crippen molar-refractivity contribution < 1.29 is 19.1 Å². The second-order valence-corrected chi connectivity index (χ2v) is 9.61. The zero-order valence-electron chi connectivity index (χ0n) is 21.0. The Labute approximate surface area is 225 Å². The van der Waals surface area contributed by atoms with Crippen LogP contribution in [0.1, 0.15) is 12.5 Å². The van der Waals surface area contributed by atoms with E-state index in [2.05, 4.69) is 5.32 Å². The molecule has 190 valence electrons. The van der Waals surface area contributed by atoms with E-state index >= 15 is 0 Å². The van der Waals surface area contributed by atoms with Gasteiger partial charge in [0.05, 0.1) is 18.0 Å². The molecule has 1 aliphatic rings. The van der Waals surface area contributed by atoms with Crippen LogP contribution in [-0.2, 0) is 9.59 Å². The first-order chi connectivity index (χ1) is 18.5. The highest BCUT2D eigenvalue weighted by Crippen LogP contribution is 2.39. The van der Waals surface area contributed by atoms with Gasteiger partial charge in [-0.05, 0) is 74.5 Å². The summed E-state index contributed by atoms with van der Waals surface area (Å²) in [6.07, 6.45) is 0. The van der Waals surface area contributed by atoms with Crippen molar-refractivity contribution in [1.82, 2.24) is 0 Å². The SMILES string of the molecule is CCOc1ccccc1NC1=C(Sc2ccc(C)cc2)C(=O)N(c2ccc(Oc3ccccc3)cc2)C1=O. The van der Waals surface area contributed by atoms with E-state index in [1.807, 2.05) is 92.7 Å². The minimum absolute atomic E-state index is 0.206. The van der Waals surface area contributed by atoms with Crippen molar-refractivity contribution in [3.63, 3.8) is 0 Å². The third kappa shape index (κ3) is 5.43. The van der Waals surface area contributed by atoms with Crippen LogP contribution in [0.5, 0.6) is 17.2 Å². The molecule has 0 fully saturated rings. The number of carbonyl (C=O) groups excluding carboxylic acids is 2. The van der Waals surface area contributed by atoms with E-state index < -0.39 is 11.8 Å². The number of hydrogen-bond acceptors (Lipinski definition) is 6. The number of aryl methyl sites for hydroxylation is 1. The highest BCUT2D eigenvalue weighted by Gasteiger charge is 2.40. The fourth-order valence-electron chi connectivity index (χ4n) is 3.95. The number of imide groups is 1. The number of ether oxygens (including phenoxy) is 2. The highest BCUT2D eigenvalue weighted by molar-refractivity contribution is 8.04. The molecule has 0 aliphatic carbocycles. The molecular weight excluding hydrogens is 496 g/mol. The molecule has 0 saturated heterocycles. The molecule has 1 aliphatic heterocycles. The zero-order valence-corrected chi connectivity index (χ0v) is 21.8. The number of nitrogens with zero attached hydrogens (tertiary/aromatic N) is 1. The summed E-state index contributed by atoms with van der Waals surface area (Å²) in [4.78, 5) is 29.8. The van der Waals surface area contributed by atoms with Crippen LogP contribution in [0.25, 0.3) is 0 Å². The van der Waals surface area contributed by atoms with Gasteiger partial charge in [-0.2, -0.15) is 0 Å². The van der Waals surface area contributed by atoms with Crippen LogP contribution in [0.2, 0.25) is 0 Å². The minimum Gasteiger partial charge on any atom is -0.492 e. The number of benzene rings is 4. The van der Waals surface area contributed by atoms with Crippen LogP contribution in [0.15, 0.2) is 119 Å². The van der Waals surface area contributed by atoms with Gasteiger partial charge in [-0.1, -0.05) is 59.8 Å². The number of para-hydroxylation sites is 3. The maximum Gasteiger partial charge on any atom is 0.283 e. The molecule has 2 amide bonds. The smallest absolute Gasteiger partial charge is 0.283 e. The Morgan fingerprint density at radius 1 is 0.763 bits per heavy atom. The lowest BCUT2D eigenvalue weighted by Crippen LogP contribution is -2.32. The first-order valence-electron chi connectivity index (χ1n) is 12.2. The Kier molecular flexibility index (Phi) is 7.47. The van der Waals surface area contributed by atoms with Crippen molar-refractivity contribution in [2.24, 2.45) is 0 Å². The predicted molar refractivity (Wildman–Crippen MR) is 151 cm³/mol. The van der Waals surface area contributed by atoms with Gasteiger partial charge in [0.2, 0.25) is 0 Å². The average molecular weight is 523 g/mol.